The summed E-state index contributed by atoms with van der Waals surface area (Å²) in [6, 6.07) is 3.15. The number of aliphatic carboxylic acids is 1. The van der Waals surface area contributed by atoms with E-state index < -0.39 is 23.7 Å². The Morgan fingerprint density at radius 2 is 2.00 bits per heavy atom. The normalized spacial score (nSPS) is 12.7. The summed E-state index contributed by atoms with van der Waals surface area (Å²) < 4.78 is 28.1. The third-order valence-corrected chi connectivity index (χ3v) is 4.04. The zero-order valence-corrected chi connectivity index (χ0v) is 11.6. The summed E-state index contributed by atoms with van der Waals surface area (Å²) in [5.41, 5.74) is -0.925. The van der Waals surface area contributed by atoms with Crippen LogP contribution < -0.4 is 0 Å². The predicted molar refractivity (Wildman–Crippen MR) is 68.2 cm³/mol. The van der Waals surface area contributed by atoms with Gasteiger partial charge in [-0.15, -0.1) is 11.3 Å². The van der Waals surface area contributed by atoms with E-state index >= 15 is 0 Å². The molecule has 0 saturated heterocycles. The number of alkyl halides is 2. The van der Waals surface area contributed by atoms with Gasteiger partial charge in [-0.3, -0.25) is 4.79 Å². The molecule has 0 amide bonds. The molecule has 0 aliphatic heterocycles. The van der Waals surface area contributed by atoms with E-state index in [1.165, 1.54) is 6.07 Å². The van der Waals surface area contributed by atoms with E-state index in [2.05, 4.69) is 0 Å². The summed E-state index contributed by atoms with van der Waals surface area (Å²) in [4.78, 5) is 11.6. The molecular weight excluding hydrogens is 258 g/mol. The van der Waals surface area contributed by atoms with Crippen molar-refractivity contribution in [2.75, 3.05) is 0 Å². The number of thiophene rings is 1. The Hall–Kier alpha value is -0.970. The van der Waals surface area contributed by atoms with E-state index in [1.54, 1.807) is 19.9 Å². The second-order valence-electron chi connectivity index (χ2n) is 5.24. The number of carboxylic acid groups (broad SMARTS) is 1. The summed E-state index contributed by atoms with van der Waals surface area (Å²) >= 11 is 1.10. The van der Waals surface area contributed by atoms with Crippen molar-refractivity contribution in [3.63, 3.8) is 0 Å². The first kappa shape index (κ1) is 15.1. The fraction of sp³-hybridized carbons (Fsp3) is 0.615. The maximum Gasteiger partial charge on any atom is 0.303 e. The number of carboxylic acids is 1. The number of rotatable bonds is 6. The van der Waals surface area contributed by atoms with Crippen molar-refractivity contribution in [3.8, 4) is 0 Å². The average Bonchev–Trinajstić information content (AvgIpc) is 2.61. The summed E-state index contributed by atoms with van der Waals surface area (Å²) in [5, 5.41) is 8.72. The van der Waals surface area contributed by atoms with E-state index in [9.17, 15) is 13.6 Å². The molecule has 0 bridgehead atoms. The highest BCUT2D eigenvalue weighted by molar-refractivity contribution is 7.12. The molecule has 5 heteroatoms. The Kier molecular flexibility index (Phi) is 4.48. The van der Waals surface area contributed by atoms with Crippen LogP contribution >= 0.6 is 11.3 Å². The minimum Gasteiger partial charge on any atom is -0.481 e. The SMILES string of the molecule is CCc1ccc(C(F)(F)CC(C)(C)CC(=O)O)s1. The van der Waals surface area contributed by atoms with Gasteiger partial charge in [0.05, 0.1) is 11.3 Å². The summed E-state index contributed by atoms with van der Waals surface area (Å²) in [6.07, 6.45) is 0.0316. The monoisotopic (exact) mass is 276 g/mol. The van der Waals surface area contributed by atoms with Crippen molar-refractivity contribution < 1.29 is 18.7 Å². The molecule has 0 saturated carbocycles. The Morgan fingerprint density at radius 3 is 2.44 bits per heavy atom. The molecule has 18 heavy (non-hydrogen) atoms. The Balaban J connectivity index is 2.83. The molecule has 0 aromatic carbocycles. The van der Waals surface area contributed by atoms with Gasteiger partial charge in [-0.05, 0) is 24.0 Å². The van der Waals surface area contributed by atoms with Crippen LogP contribution in [0, 0.1) is 5.41 Å². The smallest absolute Gasteiger partial charge is 0.303 e. The maximum atomic E-state index is 14.1. The molecule has 0 aliphatic rings. The number of hydrogen-bond acceptors (Lipinski definition) is 2. The Bertz CT molecular complexity index is 424. The standard InChI is InChI=1S/C13H18F2O2S/c1-4-9-5-6-10(18-9)13(14,15)8-12(2,3)7-11(16)17/h5-6H,4,7-8H2,1-3H3,(H,16,17). The fourth-order valence-corrected chi connectivity index (χ4v) is 2.84. The highest BCUT2D eigenvalue weighted by atomic mass is 32.1. The molecular formula is C13H18F2O2S. The highest BCUT2D eigenvalue weighted by Gasteiger charge is 2.40. The summed E-state index contributed by atoms with van der Waals surface area (Å²) in [7, 11) is 0. The first-order valence-corrected chi connectivity index (χ1v) is 6.67. The van der Waals surface area contributed by atoms with Crippen LogP contribution in [0.3, 0.4) is 0 Å². The van der Waals surface area contributed by atoms with Crippen LogP contribution in [0.2, 0.25) is 0 Å². The van der Waals surface area contributed by atoms with Crippen LogP contribution in [0.4, 0.5) is 8.78 Å². The lowest BCUT2D eigenvalue weighted by atomic mass is 9.82. The van der Waals surface area contributed by atoms with E-state index in [0.717, 1.165) is 22.6 Å². The van der Waals surface area contributed by atoms with Gasteiger partial charge < -0.3 is 5.11 Å². The van der Waals surface area contributed by atoms with Crippen LogP contribution in [0.15, 0.2) is 12.1 Å². The third-order valence-electron chi connectivity index (χ3n) is 2.70. The van der Waals surface area contributed by atoms with Crippen molar-refractivity contribution in [1.29, 1.82) is 0 Å². The largest absolute Gasteiger partial charge is 0.481 e. The van der Waals surface area contributed by atoms with Crippen LogP contribution in [-0.2, 0) is 17.1 Å². The minimum atomic E-state index is -2.96. The number of carbonyl (C=O) groups is 1. The van der Waals surface area contributed by atoms with Crippen LogP contribution in [0.25, 0.3) is 0 Å². The summed E-state index contributed by atoms with van der Waals surface area (Å²) in [5.74, 6) is -4.01. The molecule has 1 aromatic rings. The Labute approximate surface area is 110 Å². The van der Waals surface area contributed by atoms with Gasteiger partial charge in [0.25, 0.3) is 5.92 Å². The quantitative estimate of drug-likeness (QED) is 0.841. The maximum absolute atomic E-state index is 14.1. The van der Waals surface area contributed by atoms with E-state index in [4.69, 9.17) is 5.11 Å². The predicted octanol–water partition coefficient (Wildman–Crippen LogP) is 4.29. The molecule has 0 unspecified atom stereocenters. The van der Waals surface area contributed by atoms with Gasteiger partial charge in [0.2, 0.25) is 0 Å². The molecule has 1 heterocycles. The molecule has 1 rings (SSSR count). The average molecular weight is 276 g/mol. The van der Waals surface area contributed by atoms with Crippen molar-refractivity contribution >= 4 is 17.3 Å². The van der Waals surface area contributed by atoms with Gasteiger partial charge in [0.15, 0.2) is 0 Å². The lowest BCUT2D eigenvalue weighted by molar-refractivity contribution is -0.140. The van der Waals surface area contributed by atoms with Gasteiger partial charge in [-0.2, -0.15) is 0 Å². The number of aryl methyl sites for hydroxylation is 1. The lowest BCUT2D eigenvalue weighted by Crippen LogP contribution is -2.26. The van der Waals surface area contributed by atoms with Gasteiger partial charge in [0.1, 0.15) is 0 Å². The lowest BCUT2D eigenvalue weighted by Gasteiger charge is -2.27. The van der Waals surface area contributed by atoms with Crippen molar-refractivity contribution in [1.82, 2.24) is 0 Å². The molecule has 1 N–H and O–H groups in total. The van der Waals surface area contributed by atoms with Crippen LogP contribution in [0.5, 0.6) is 0 Å². The molecule has 102 valence electrons. The van der Waals surface area contributed by atoms with E-state index in [0.29, 0.717) is 0 Å². The highest BCUT2D eigenvalue weighted by Crippen LogP contribution is 2.43. The van der Waals surface area contributed by atoms with Crippen molar-refractivity contribution in [3.05, 3.63) is 21.9 Å². The topological polar surface area (TPSA) is 37.3 Å². The van der Waals surface area contributed by atoms with Gasteiger partial charge in [-0.25, -0.2) is 8.78 Å². The van der Waals surface area contributed by atoms with Gasteiger partial charge in [-0.1, -0.05) is 20.8 Å². The van der Waals surface area contributed by atoms with Crippen LogP contribution in [-0.4, -0.2) is 11.1 Å². The van der Waals surface area contributed by atoms with Gasteiger partial charge >= 0.3 is 5.97 Å². The van der Waals surface area contributed by atoms with Crippen LogP contribution in [0.1, 0.15) is 43.4 Å². The molecule has 0 fully saturated rings. The number of hydrogen-bond donors (Lipinski definition) is 1. The second-order valence-corrected chi connectivity index (χ2v) is 6.40. The second kappa shape index (κ2) is 5.34. The first-order valence-electron chi connectivity index (χ1n) is 5.85. The van der Waals surface area contributed by atoms with E-state index in [-0.39, 0.29) is 11.3 Å². The third kappa shape index (κ3) is 4.05. The fourth-order valence-electron chi connectivity index (χ4n) is 1.92. The minimum absolute atomic E-state index is 0.0258. The summed E-state index contributed by atoms with van der Waals surface area (Å²) in [6.45, 7) is 5.04. The first-order chi connectivity index (χ1) is 8.16. The molecule has 0 radical (unpaired) electrons. The molecule has 2 nitrogen and oxygen atoms in total. The molecule has 0 spiro atoms. The van der Waals surface area contributed by atoms with Crippen molar-refractivity contribution in [2.24, 2.45) is 5.41 Å². The zero-order valence-electron chi connectivity index (χ0n) is 10.8. The Morgan fingerprint density at radius 1 is 1.39 bits per heavy atom. The molecule has 0 aliphatic carbocycles. The van der Waals surface area contributed by atoms with Gasteiger partial charge in [0, 0.05) is 11.3 Å². The zero-order chi connectivity index (χ0) is 14.0. The number of halogens is 2. The van der Waals surface area contributed by atoms with E-state index in [1.807, 2.05) is 6.92 Å². The molecule has 0 atom stereocenters. The molecule has 1 aromatic heterocycles. The van der Waals surface area contributed by atoms with Crippen molar-refractivity contribution in [2.45, 2.75) is 46.0 Å².